The monoisotopic (exact) mass is 496 g/mol. The average molecular weight is 497 g/mol. The Morgan fingerprint density at radius 1 is 1.16 bits per heavy atom. The van der Waals surface area contributed by atoms with Crippen LogP contribution in [0, 0.1) is 11.3 Å². The van der Waals surface area contributed by atoms with E-state index in [1.807, 2.05) is 42.5 Å². The second-order valence-electron chi connectivity index (χ2n) is 9.88. The van der Waals surface area contributed by atoms with Gasteiger partial charge in [-0.1, -0.05) is 45.0 Å². The van der Waals surface area contributed by atoms with Gasteiger partial charge in [0.2, 0.25) is 0 Å². The van der Waals surface area contributed by atoms with Gasteiger partial charge in [0.05, 0.1) is 24.7 Å². The van der Waals surface area contributed by atoms with Gasteiger partial charge in [-0.15, -0.1) is 0 Å². The Kier molecular flexibility index (Phi) is 7.88. The fourth-order valence-electron chi connectivity index (χ4n) is 4.32. The van der Waals surface area contributed by atoms with Gasteiger partial charge in [0.25, 0.3) is 11.8 Å². The van der Waals surface area contributed by atoms with E-state index in [2.05, 4.69) is 37.9 Å². The third-order valence-electron chi connectivity index (χ3n) is 6.96. The maximum absolute atomic E-state index is 13.4. The molecule has 7 heteroatoms. The molecule has 1 aromatic heterocycles. The average Bonchev–Trinajstić information content (AvgIpc) is 2.92. The van der Waals surface area contributed by atoms with E-state index >= 15 is 0 Å². The lowest BCUT2D eigenvalue weighted by atomic mass is 9.82. The maximum atomic E-state index is 13.4. The summed E-state index contributed by atoms with van der Waals surface area (Å²) < 4.78 is 5.71. The van der Waals surface area contributed by atoms with Gasteiger partial charge in [-0.05, 0) is 58.9 Å². The van der Waals surface area contributed by atoms with Gasteiger partial charge < -0.3 is 14.5 Å². The van der Waals surface area contributed by atoms with Crippen LogP contribution in [0.4, 0.5) is 5.69 Å². The molecule has 0 saturated carbocycles. The number of rotatable bonds is 9. The van der Waals surface area contributed by atoms with Crippen LogP contribution in [0.5, 0.6) is 5.75 Å². The quantitative estimate of drug-likeness (QED) is 0.404. The van der Waals surface area contributed by atoms with Crippen molar-refractivity contribution in [3.8, 4) is 11.8 Å². The van der Waals surface area contributed by atoms with Crippen LogP contribution >= 0.6 is 0 Å². The van der Waals surface area contributed by atoms with Crippen LogP contribution in [0.15, 0.2) is 67.0 Å². The van der Waals surface area contributed by atoms with E-state index in [1.54, 1.807) is 28.3 Å². The molecule has 0 bridgehead atoms. The molecule has 0 unspecified atom stereocenters. The van der Waals surface area contributed by atoms with Crippen molar-refractivity contribution in [3.05, 3.63) is 89.2 Å². The Balaban J connectivity index is 1.59. The number of hydrogen-bond acceptors (Lipinski definition) is 5. The van der Waals surface area contributed by atoms with Gasteiger partial charge in [0, 0.05) is 31.0 Å². The number of amides is 2. The summed E-state index contributed by atoms with van der Waals surface area (Å²) >= 11 is 0. The first-order chi connectivity index (χ1) is 17.8. The highest BCUT2D eigenvalue weighted by Crippen LogP contribution is 2.38. The minimum atomic E-state index is -0.165. The van der Waals surface area contributed by atoms with Crippen molar-refractivity contribution in [3.63, 3.8) is 0 Å². The number of hydrogen-bond donors (Lipinski definition) is 0. The van der Waals surface area contributed by atoms with Crippen molar-refractivity contribution < 1.29 is 14.3 Å². The molecule has 2 heterocycles. The molecule has 190 valence electrons. The molecule has 0 aliphatic carbocycles. The number of nitriles is 1. The van der Waals surface area contributed by atoms with E-state index in [0.29, 0.717) is 30.9 Å². The molecule has 3 aromatic rings. The van der Waals surface area contributed by atoms with Crippen molar-refractivity contribution in [1.29, 1.82) is 5.26 Å². The van der Waals surface area contributed by atoms with Gasteiger partial charge in [-0.3, -0.25) is 14.6 Å². The van der Waals surface area contributed by atoms with Crippen LogP contribution in [0.2, 0.25) is 0 Å². The zero-order valence-corrected chi connectivity index (χ0v) is 21.6. The Morgan fingerprint density at radius 3 is 2.70 bits per heavy atom. The fraction of sp³-hybridized carbons (Fsp3) is 0.333. The van der Waals surface area contributed by atoms with Crippen LogP contribution in [0.1, 0.15) is 60.7 Å². The van der Waals surface area contributed by atoms with Gasteiger partial charge in [0.1, 0.15) is 5.75 Å². The minimum absolute atomic E-state index is 0.0187. The summed E-state index contributed by atoms with van der Waals surface area (Å²) in [6, 6.07) is 19.2. The van der Waals surface area contributed by atoms with Crippen molar-refractivity contribution in [2.45, 2.75) is 52.1 Å². The van der Waals surface area contributed by atoms with Crippen molar-refractivity contribution in [2.24, 2.45) is 0 Å². The molecule has 1 aliphatic rings. The molecule has 0 atom stereocenters. The van der Waals surface area contributed by atoms with E-state index in [4.69, 9.17) is 10.00 Å². The second-order valence-corrected chi connectivity index (χ2v) is 9.88. The first kappa shape index (κ1) is 25.9. The first-order valence-electron chi connectivity index (χ1n) is 12.5. The lowest BCUT2D eigenvalue weighted by molar-refractivity contribution is -0.121. The summed E-state index contributed by atoms with van der Waals surface area (Å²) in [6.45, 7) is 7.51. The molecule has 0 saturated heterocycles. The van der Waals surface area contributed by atoms with Crippen LogP contribution in [0.3, 0.4) is 0 Å². The molecular formula is C30H32N4O3. The number of carbonyl (C=O) groups excluding carboxylic acids is 2. The molecule has 2 aromatic carbocycles. The molecule has 2 amide bonds. The second kappa shape index (κ2) is 11.3. The molecule has 4 rings (SSSR count). The van der Waals surface area contributed by atoms with Gasteiger partial charge in [0.15, 0.2) is 6.61 Å². The third-order valence-corrected chi connectivity index (χ3v) is 6.96. The smallest absolute Gasteiger partial charge is 0.265 e. The standard InChI is InChI=1S/C30H32N4O3/c1-4-30(2,3)25-11-12-27-26(17-25)34(28(35)21-37-27)20-22-8-5-10-24(16-22)29(36)33(15-7-13-31)19-23-9-6-14-32-18-23/h5-6,8-12,14,16-18H,4,7,15,19-21H2,1-3H3. The largest absolute Gasteiger partial charge is 0.482 e. The number of ether oxygens (including phenoxy) is 1. The Labute approximate surface area is 218 Å². The molecule has 0 spiro atoms. The summed E-state index contributed by atoms with van der Waals surface area (Å²) in [5.41, 5.74) is 4.11. The van der Waals surface area contributed by atoms with Gasteiger partial charge in [-0.2, -0.15) is 5.26 Å². The van der Waals surface area contributed by atoms with Crippen molar-refractivity contribution >= 4 is 17.5 Å². The van der Waals surface area contributed by atoms with E-state index in [1.165, 1.54) is 0 Å². The number of carbonyl (C=O) groups is 2. The lowest BCUT2D eigenvalue weighted by Crippen LogP contribution is -2.38. The van der Waals surface area contributed by atoms with Crippen molar-refractivity contribution in [2.75, 3.05) is 18.1 Å². The van der Waals surface area contributed by atoms with Crippen molar-refractivity contribution in [1.82, 2.24) is 9.88 Å². The maximum Gasteiger partial charge on any atom is 0.265 e. The molecule has 0 N–H and O–H groups in total. The van der Waals surface area contributed by atoms with Crippen LogP contribution in [-0.2, 0) is 23.3 Å². The summed E-state index contributed by atoms with van der Waals surface area (Å²) in [5.74, 6) is 0.395. The zero-order chi connectivity index (χ0) is 26.4. The Bertz CT molecular complexity index is 1310. The van der Waals surface area contributed by atoms with Crippen LogP contribution in [0.25, 0.3) is 0 Å². The highest BCUT2D eigenvalue weighted by molar-refractivity contribution is 5.98. The molecule has 1 aliphatic heterocycles. The normalized spacial score (nSPS) is 12.9. The number of nitrogens with zero attached hydrogens (tertiary/aromatic N) is 4. The van der Waals surface area contributed by atoms with Gasteiger partial charge in [-0.25, -0.2) is 0 Å². The molecule has 37 heavy (non-hydrogen) atoms. The highest BCUT2D eigenvalue weighted by Gasteiger charge is 2.28. The number of pyridine rings is 1. The minimum Gasteiger partial charge on any atom is -0.482 e. The van der Waals surface area contributed by atoms with E-state index in [-0.39, 0.29) is 30.3 Å². The Morgan fingerprint density at radius 2 is 1.97 bits per heavy atom. The SMILES string of the molecule is CCC(C)(C)c1ccc2c(c1)N(Cc1cccc(C(=O)N(CCC#N)Cc3cccnc3)c1)C(=O)CO2. The summed E-state index contributed by atoms with van der Waals surface area (Å²) in [4.78, 5) is 33.9. The van der Waals surface area contributed by atoms with Crippen LogP contribution in [-0.4, -0.2) is 34.8 Å². The van der Waals surface area contributed by atoms with Crippen LogP contribution < -0.4 is 9.64 Å². The molecule has 0 fully saturated rings. The van der Waals surface area contributed by atoms with Gasteiger partial charge >= 0.3 is 0 Å². The topological polar surface area (TPSA) is 86.5 Å². The number of anilines is 1. The lowest BCUT2D eigenvalue weighted by Gasteiger charge is -2.32. The first-order valence-corrected chi connectivity index (χ1v) is 12.5. The predicted molar refractivity (Wildman–Crippen MR) is 142 cm³/mol. The fourth-order valence-corrected chi connectivity index (χ4v) is 4.32. The summed E-state index contributed by atoms with van der Waals surface area (Å²) in [5, 5.41) is 9.10. The summed E-state index contributed by atoms with van der Waals surface area (Å²) in [7, 11) is 0. The van der Waals surface area contributed by atoms with E-state index < -0.39 is 0 Å². The molecule has 7 nitrogen and oxygen atoms in total. The zero-order valence-electron chi connectivity index (χ0n) is 21.6. The Hall–Kier alpha value is -4.18. The molecule has 0 radical (unpaired) electrons. The number of aromatic nitrogens is 1. The number of fused-ring (bicyclic) bond motifs is 1. The predicted octanol–water partition coefficient (Wildman–Crippen LogP) is 5.25. The number of benzene rings is 2. The highest BCUT2D eigenvalue weighted by atomic mass is 16.5. The summed E-state index contributed by atoms with van der Waals surface area (Å²) in [6.07, 6.45) is 4.61. The van der Waals surface area contributed by atoms with E-state index in [9.17, 15) is 9.59 Å². The molecular weight excluding hydrogens is 464 g/mol. The van der Waals surface area contributed by atoms with E-state index in [0.717, 1.165) is 28.8 Å². The third kappa shape index (κ3) is 5.97.